The van der Waals surface area contributed by atoms with Crippen LogP contribution in [0.1, 0.15) is 29.5 Å². The highest BCUT2D eigenvalue weighted by atomic mass is 35.5. The topological polar surface area (TPSA) is 64.0 Å². The highest BCUT2D eigenvalue weighted by molar-refractivity contribution is 6.39. The number of hydrogen-bond donors (Lipinski definition) is 2. The molecule has 2 aromatic rings. The molecule has 2 aliphatic rings. The van der Waals surface area contributed by atoms with Crippen molar-refractivity contribution in [2.75, 3.05) is 31.1 Å². The number of carbonyl (C=O) groups is 1. The Morgan fingerprint density at radius 3 is 2.20 bits per heavy atom. The van der Waals surface area contributed by atoms with Gasteiger partial charge in [-0.1, -0.05) is 46.9 Å². The molecule has 8 heteroatoms. The highest BCUT2D eigenvalue weighted by Crippen LogP contribution is 2.41. The van der Waals surface area contributed by atoms with Gasteiger partial charge in [-0.25, -0.2) is 0 Å². The molecule has 0 atom stereocenters. The lowest BCUT2D eigenvalue weighted by atomic mass is 9.88. The monoisotopic (exact) mass is 470 g/mol. The number of nitrogens with zero attached hydrogens (tertiary/aromatic N) is 2. The van der Waals surface area contributed by atoms with Crippen LogP contribution in [0.3, 0.4) is 0 Å². The molecule has 2 aliphatic heterocycles. The maximum Gasteiger partial charge on any atom is 0.290 e. The van der Waals surface area contributed by atoms with Crippen LogP contribution in [0.15, 0.2) is 30.3 Å². The predicted octanol–water partition coefficient (Wildman–Crippen LogP) is 4.83. The molecule has 2 N–H and O–H groups in total. The van der Waals surface area contributed by atoms with E-state index in [1.54, 1.807) is 0 Å². The van der Waals surface area contributed by atoms with Crippen molar-refractivity contribution in [2.24, 2.45) is 0 Å². The maximum absolute atomic E-state index is 9.92. The number of carboxylic acid groups (broad SMARTS) is 1. The number of aryl methyl sites for hydroxylation is 1. The minimum atomic E-state index is -0.560. The summed E-state index contributed by atoms with van der Waals surface area (Å²) in [4.78, 5) is 12.8. The zero-order valence-electron chi connectivity index (χ0n) is 16.9. The Hall–Kier alpha value is -1.50. The Morgan fingerprint density at radius 1 is 1.13 bits per heavy atom. The van der Waals surface area contributed by atoms with E-state index in [2.05, 4.69) is 28.9 Å². The van der Waals surface area contributed by atoms with E-state index in [-0.39, 0.29) is 6.47 Å². The van der Waals surface area contributed by atoms with Gasteiger partial charge in [-0.3, -0.25) is 9.69 Å². The fraction of sp³-hybridized carbons (Fsp3) is 0.409. The molecule has 0 bridgehead atoms. The summed E-state index contributed by atoms with van der Waals surface area (Å²) in [5.74, 6) is 0.423. The van der Waals surface area contributed by atoms with Crippen molar-refractivity contribution in [3.8, 4) is 0 Å². The second-order valence-corrected chi connectivity index (χ2v) is 9.44. The molecule has 0 aliphatic carbocycles. The molecule has 0 aromatic heterocycles. The van der Waals surface area contributed by atoms with Crippen LogP contribution in [0.4, 0.5) is 5.69 Å². The summed E-state index contributed by atoms with van der Waals surface area (Å²) >= 11 is 19.3. The zero-order valence-corrected chi connectivity index (χ0v) is 19.2. The van der Waals surface area contributed by atoms with Crippen molar-refractivity contribution in [3.63, 3.8) is 0 Å². The molecule has 5 nitrogen and oxygen atoms in total. The lowest BCUT2D eigenvalue weighted by molar-refractivity contribution is -0.122. The van der Waals surface area contributed by atoms with Crippen molar-refractivity contribution in [1.82, 2.24) is 4.90 Å². The number of likely N-dealkylation sites (tertiary alicyclic amines) is 1. The number of rotatable bonds is 4. The average Bonchev–Trinajstić information content (AvgIpc) is 2.58. The molecule has 2 saturated heterocycles. The molecule has 2 heterocycles. The van der Waals surface area contributed by atoms with Gasteiger partial charge in [0.2, 0.25) is 0 Å². The second kappa shape index (κ2) is 9.33. The second-order valence-electron chi connectivity index (χ2n) is 8.22. The molecular weight excluding hydrogens is 447 g/mol. The van der Waals surface area contributed by atoms with Gasteiger partial charge in [-0.05, 0) is 48.7 Å². The van der Waals surface area contributed by atoms with Crippen molar-refractivity contribution in [1.29, 1.82) is 0 Å². The van der Waals surface area contributed by atoms with Gasteiger partial charge < -0.3 is 15.1 Å². The van der Waals surface area contributed by atoms with Crippen LogP contribution in [0, 0.1) is 6.92 Å². The van der Waals surface area contributed by atoms with Gasteiger partial charge >= 0.3 is 0 Å². The molecule has 0 saturated carbocycles. The third kappa shape index (κ3) is 5.04. The predicted molar refractivity (Wildman–Crippen MR) is 122 cm³/mol. The van der Waals surface area contributed by atoms with Crippen molar-refractivity contribution in [3.05, 3.63) is 62.1 Å². The number of aliphatic hydroxyl groups is 1. The smallest absolute Gasteiger partial charge is 0.290 e. The minimum Gasteiger partial charge on any atom is -0.483 e. The van der Waals surface area contributed by atoms with Gasteiger partial charge in [0.15, 0.2) is 0 Å². The van der Waals surface area contributed by atoms with Gasteiger partial charge in [0, 0.05) is 43.7 Å². The number of β-amino-alcohol motifs (C(OH)–C–C–N with tert-alkyl or cyclic N) is 1. The lowest BCUT2D eigenvalue weighted by Crippen LogP contribution is -2.59. The zero-order chi connectivity index (χ0) is 22.1. The van der Waals surface area contributed by atoms with Gasteiger partial charge in [-0.15, -0.1) is 0 Å². The van der Waals surface area contributed by atoms with Crippen LogP contribution in [-0.4, -0.2) is 53.4 Å². The Morgan fingerprint density at radius 2 is 1.70 bits per heavy atom. The van der Waals surface area contributed by atoms with Crippen molar-refractivity contribution in [2.45, 2.75) is 31.9 Å². The summed E-state index contributed by atoms with van der Waals surface area (Å²) in [6.45, 7) is 7.67. The minimum absolute atomic E-state index is 0.250. The number of halogens is 3. The van der Waals surface area contributed by atoms with E-state index in [0.29, 0.717) is 29.1 Å². The largest absolute Gasteiger partial charge is 0.483 e. The van der Waals surface area contributed by atoms with Gasteiger partial charge in [0.1, 0.15) is 0 Å². The summed E-state index contributed by atoms with van der Waals surface area (Å²) in [6.07, 6.45) is 0. The third-order valence-electron chi connectivity index (χ3n) is 5.56. The molecule has 30 heavy (non-hydrogen) atoms. The van der Waals surface area contributed by atoms with E-state index in [0.717, 1.165) is 35.9 Å². The number of benzene rings is 2. The molecule has 0 radical (unpaired) electrons. The summed E-state index contributed by atoms with van der Waals surface area (Å²) in [7, 11) is 0. The lowest BCUT2D eigenvalue weighted by Gasteiger charge is -2.45. The first-order chi connectivity index (χ1) is 14.1. The Labute approximate surface area is 191 Å². The van der Waals surface area contributed by atoms with Crippen LogP contribution in [-0.2, 0) is 11.3 Å². The van der Waals surface area contributed by atoms with Crippen LogP contribution in [0.2, 0.25) is 15.1 Å². The van der Waals surface area contributed by atoms with E-state index in [9.17, 15) is 5.11 Å². The standard InChI is InChI=1S/C21H23Cl3N2O.CH2O2/c1-13-6-14(7-19(24)16(13)10-25-11-21(2,27)12-25)15-8-26(9-15)20-17(22)4-3-5-18(20)23;2-1-3/h3-7,15,27H,8-12H2,1-2H3;1H,(H,2,3). The van der Waals surface area contributed by atoms with Gasteiger partial charge in [0.25, 0.3) is 6.47 Å². The fourth-order valence-electron chi connectivity index (χ4n) is 4.15. The van der Waals surface area contributed by atoms with E-state index >= 15 is 0 Å². The first-order valence-electron chi connectivity index (χ1n) is 9.65. The van der Waals surface area contributed by atoms with Crippen molar-refractivity contribution < 1.29 is 15.0 Å². The first kappa shape index (κ1) is 23.2. The molecule has 162 valence electrons. The Bertz CT molecular complexity index is 879. The first-order valence-corrected chi connectivity index (χ1v) is 10.8. The molecule has 2 aromatic carbocycles. The fourth-order valence-corrected chi connectivity index (χ4v) is 5.12. The van der Waals surface area contributed by atoms with E-state index < -0.39 is 5.60 Å². The molecule has 0 spiro atoms. The quantitative estimate of drug-likeness (QED) is 0.626. The van der Waals surface area contributed by atoms with E-state index in [1.165, 1.54) is 11.1 Å². The molecule has 0 unspecified atom stereocenters. The summed E-state index contributed by atoms with van der Waals surface area (Å²) < 4.78 is 0. The van der Waals surface area contributed by atoms with E-state index in [1.807, 2.05) is 25.1 Å². The SMILES string of the molecule is Cc1cc(C2CN(c3c(Cl)cccc3Cl)C2)cc(Cl)c1CN1CC(C)(O)C1.O=CO. The van der Waals surface area contributed by atoms with Crippen molar-refractivity contribution >= 4 is 47.0 Å². The van der Waals surface area contributed by atoms with Gasteiger partial charge in [-0.2, -0.15) is 0 Å². The maximum atomic E-state index is 9.92. The molecule has 0 amide bonds. The Balaban J connectivity index is 0.000000806. The average molecular weight is 472 g/mol. The van der Waals surface area contributed by atoms with Crippen LogP contribution in [0.25, 0.3) is 0 Å². The Kier molecular flexibility index (Phi) is 7.20. The summed E-state index contributed by atoms with van der Waals surface area (Å²) in [6, 6.07) is 9.95. The highest BCUT2D eigenvalue weighted by Gasteiger charge is 2.37. The van der Waals surface area contributed by atoms with Crippen LogP contribution >= 0.6 is 34.8 Å². The molecule has 4 rings (SSSR count). The van der Waals surface area contributed by atoms with Gasteiger partial charge in [0.05, 0.1) is 21.3 Å². The van der Waals surface area contributed by atoms with Crippen LogP contribution < -0.4 is 4.90 Å². The normalized spacial score (nSPS) is 18.1. The number of anilines is 1. The number of hydrogen-bond acceptors (Lipinski definition) is 4. The van der Waals surface area contributed by atoms with E-state index in [4.69, 9.17) is 44.7 Å². The summed E-state index contributed by atoms with van der Waals surface area (Å²) in [5.41, 5.74) is 3.98. The van der Waals surface area contributed by atoms with Crippen LogP contribution in [0.5, 0.6) is 0 Å². The number of para-hydroxylation sites is 1. The molecule has 2 fully saturated rings. The molecular formula is C22H25Cl3N2O3. The third-order valence-corrected chi connectivity index (χ3v) is 6.50. The summed E-state index contributed by atoms with van der Waals surface area (Å²) in [5, 5.41) is 19.0.